The number of carboxylic acid groups (broad SMARTS) is 1. The van der Waals surface area contributed by atoms with Crippen LogP contribution in [-0.2, 0) is 9.53 Å². The van der Waals surface area contributed by atoms with Gasteiger partial charge in [0.1, 0.15) is 11.9 Å². The molecule has 2 aromatic rings. The number of rotatable bonds is 11. The highest BCUT2D eigenvalue weighted by Gasteiger charge is 2.34. The quantitative estimate of drug-likeness (QED) is 0.281. The van der Waals surface area contributed by atoms with Gasteiger partial charge < -0.3 is 14.7 Å². The van der Waals surface area contributed by atoms with Gasteiger partial charge in [-0.15, -0.1) is 0 Å². The summed E-state index contributed by atoms with van der Waals surface area (Å²) in [6, 6.07) is 10.6. The fourth-order valence-corrected chi connectivity index (χ4v) is 7.58. The minimum atomic E-state index is -0.838. The van der Waals surface area contributed by atoms with Crippen LogP contribution in [0.1, 0.15) is 112 Å². The number of carboxylic acids is 1. The van der Waals surface area contributed by atoms with E-state index in [-0.39, 0.29) is 23.4 Å². The summed E-state index contributed by atoms with van der Waals surface area (Å²) >= 11 is 6.27. The summed E-state index contributed by atoms with van der Waals surface area (Å²) in [5.41, 5.74) is 3.97. The Bertz CT molecular complexity index is 1190. The molecule has 1 N–H and O–H groups in total. The third kappa shape index (κ3) is 8.56. The molecule has 1 aliphatic carbocycles. The van der Waals surface area contributed by atoms with Gasteiger partial charge in [-0.1, -0.05) is 29.8 Å². The maximum absolute atomic E-state index is 14.4. The lowest BCUT2D eigenvalue weighted by Crippen LogP contribution is -2.35. The van der Waals surface area contributed by atoms with Gasteiger partial charge in [0.15, 0.2) is 0 Å². The van der Waals surface area contributed by atoms with Crippen molar-refractivity contribution in [2.75, 3.05) is 27.2 Å². The number of likely N-dealkylation sites (tertiary alicyclic amines) is 1. The van der Waals surface area contributed by atoms with Crippen LogP contribution in [0.15, 0.2) is 36.4 Å². The topological polar surface area (TPSA) is 53.0 Å². The van der Waals surface area contributed by atoms with Crippen LogP contribution in [0.2, 0.25) is 5.02 Å². The lowest BCUT2D eigenvalue weighted by atomic mass is 9.77. The van der Waals surface area contributed by atoms with E-state index >= 15 is 0 Å². The fraction of sp³-hybridized carbons (Fsp3) is 0.629. The van der Waals surface area contributed by atoms with Crippen molar-refractivity contribution in [3.63, 3.8) is 0 Å². The average molecular weight is 601 g/mol. The molecule has 2 aromatic carbocycles. The molecule has 3 atom stereocenters. The molecular formula is C35H50ClFN2O3. The summed E-state index contributed by atoms with van der Waals surface area (Å²) in [7, 11) is 4.07. The number of carbonyl (C=O) groups is 1. The van der Waals surface area contributed by atoms with Crippen LogP contribution in [0.4, 0.5) is 4.39 Å². The van der Waals surface area contributed by atoms with Crippen LogP contribution in [-0.4, -0.2) is 65.8 Å². The Hall–Kier alpha value is -1.99. The number of hydrogen-bond acceptors (Lipinski definition) is 4. The van der Waals surface area contributed by atoms with E-state index in [2.05, 4.69) is 45.7 Å². The van der Waals surface area contributed by atoms with Gasteiger partial charge in [0.25, 0.3) is 0 Å². The predicted octanol–water partition coefficient (Wildman–Crippen LogP) is 8.34. The molecule has 4 rings (SSSR count). The lowest BCUT2D eigenvalue weighted by molar-refractivity contribution is -0.143. The number of ether oxygens (including phenoxy) is 1. The summed E-state index contributed by atoms with van der Waals surface area (Å²) in [5.74, 6) is -0.770. The Balaban J connectivity index is 1.54. The number of halogens is 2. The Kier molecular flexibility index (Phi) is 11.1. The monoisotopic (exact) mass is 600 g/mol. The predicted molar refractivity (Wildman–Crippen MR) is 169 cm³/mol. The molecule has 0 radical (unpaired) electrons. The maximum atomic E-state index is 14.4. The van der Waals surface area contributed by atoms with Crippen molar-refractivity contribution in [2.45, 2.75) is 115 Å². The highest BCUT2D eigenvalue weighted by Crippen LogP contribution is 2.41. The third-order valence-electron chi connectivity index (χ3n) is 9.34. The smallest absolute Gasteiger partial charge is 0.325 e. The molecule has 2 fully saturated rings. The second-order valence-corrected chi connectivity index (χ2v) is 14.1. The molecule has 42 heavy (non-hydrogen) atoms. The molecule has 7 heteroatoms. The first-order chi connectivity index (χ1) is 19.8. The van der Waals surface area contributed by atoms with Gasteiger partial charge in [0.05, 0.1) is 11.7 Å². The van der Waals surface area contributed by atoms with Gasteiger partial charge in [0, 0.05) is 11.1 Å². The van der Waals surface area contributed by atoms with Crippen molar-refractivity contribution in [3.05, 3.63) is 69.5 Å². The minimum Gasteiger partial charge on any atom is -0.480 e. The zero-order valence-corrected chi connectivity index (χ0v) is 27.1. The zero-order chi connectivity index (χ0) is 30.6. The molecule has 0 unspecified atom stereocenters. The van der Waals surface area contributed by atoms with E-state index in [1.807, 2.05) is 30.1 Å². The van der Waals surface area contributed by atoms with Crippen molar-refractivity contribution >= 4 is 17.6 Å². The summed E-state index contributed by atoms with van der Waals surface area (Å²) in [6.07, 6.45) is 8.11. The number of aryl methyl sites for hydroxylation is 1. The standard InChI is InChI=1S/C35H50ClFN2O3/c1-23-9-7-11-31(32(23)24-12-14-30(15-13-24)42-35(2,3)4)33(34(40)41)39(6)18-16-25(21-29-10-8-17-38(29)5)26-19-27(36)22-28(37)20-26/h7,9,11,19-20,22,24-25,29-30,33H,8,10,12-18,21H2,1-6H3,(H,40,41)/t24?,25-,29+,30?,33+/m1/s1. The van der Waals surface area contributed by atoms with E-state index in [0.717, 1.165) is 68.2 Å². The molecular weight excluding hydrogens is 551 g/mol. The summed E-state index contributed by atoms with van der Waals surface area (Å²) in [5, 5.41) is 11.0. The van der Waals surface area contributed by atoms with E-state index in [0.29, 0.717) is 23.5 Å². The number of aliphatic carboxylic acids is 1. The number of nitrogens with zero attached hydrogens (tertiary/aromatic N) is 2. The molecule has 1 aliphatic heterocycles. The zero-order valence-electron chi connectivity index (χ0n) is 26.3. The van der Waals surface area contributed by atoms with Gasteiger partial charge in [-0.05, 0) is 159 Å². The lowest BCUT2D eigenvalue weighted by Gasteiger charge is -2.36. The number of likely N-dealkylation sites (N-methyl/N-ethyl adjacent to an activating group) is 1. The second kappa shape index (κ2) is 14.2. The van der Waals surface area contributed by atoms with Crippen molar-refractivity contribution in [1.29, 1.82) is 0 Å². The molecule has 0 bridgehead atoms. The largest absolute Gasteiger partial charge is 0.480 e. The molecule has 232 valence electrons. The summed E-state index contributed by atoms with van der Waals surface area (Å²) in [6.45, 7) is 10.1. The van der Waals surface area contributed by atoms with Gasteiger partial charge in [-0.25, -0.2) is 4.39 Å². The van der Waals surface area contributed by atoms with Crippen LogP contribution in [0, 0.1) is 12.7 Å². The molecule has 0 spiro atoms. The van der Waals surface area contributed by atoms with Gasteiger partial charge >= 0.3 is 5.97 Å². The van der Waals surface area contributed by atoms with Crippen LogP contribution in [0.3, 0.4) is 0 Å². The maximum Gasteiger partial charge on any atom is 0.325 e. The Morgan fingerprint density at radius 3 is 2.48 bits per heavy atom. The van der Waals surface area contributed by atoms with E-state index in [1.165, 1.54) is 18.1 Å². The van der Waals surface area contributed by atoms with Gasteiger partial charge in [0.2, 0.25) is 0 Å². The number of hydrogen-bond donors (Lipinski definition) is 1. The van der Waals surface area contributed by atoms with Gasteiger partial charge in [-0.3, -0.25) is 9.69 Å². The third-order valence-corrected chi connectivity index (χ3v) is 9.56. The first kappa shape index (κ1) is 32.9. The summed E-state index contributed by atoms with van der Waals surface area (Å²) in [4.78, 5) is 17.2. The van der Waals surface area contributed by atoms with Crippen LogP contribution in [0.5, 0.6) is 0 Å². The van der Waals surface area contributed by atoms with Crippen LogP contribution in [0.25, 0.3) is 0 Å². The Morgan fingerprint density at radius 1 is 1.17 bits per heavy atom. The van der Waals surface area contributed by atoms with Crippen LogP contribution >= 0.6 is 11.6 Å². The highest BCUT2D eigenvalue weighted by atomic mass is 35.5. The number of benzene rings is 2. The van der Waals surface area contributed by atoms with E-state index in [1.54, 1.807) is 6.07 Å². The minimum absolute atomic E-state index is 0.0794. The second-order valence-electron chi connectivity index (χ2n) is 13.7. The molecule has 5 nitrogen and oxygen atoms in total. The van der Waals surface area contributed by atoms with E-state index in [9.17, 15) is 14.3 Å². The van der Waals surface area contributed by atoms with Crippen molar-refractivity contribution in [2.24, 2.45) is 0 Å². The average Bonchev–Trinajstić information content (AvgIpc) is 3.30. The molecule has 1 saturated heterocycles. The first-order valence-electron chi connectivity index (χ1n) is 15.7. The Labute approximate surface area is 257 Å². The Morgan fingerprint density at radius 2 is 1.88 bits per heavy atom. The van der Waals surface area contributed by atoms with Gasteiger partial charge in [-0.2, -0.15) is 0 Å². The van der Waals surface area contributed by atoms with Crippen molar-refractivity contribution in [1.82, 2.24) is 9.80 Å². The summed E-state index contributed by atoms with van der Waals surface area (Å²) < 4.78 is 20.7. The fourth-order valence-electron chi connectivity index (χ4n) is 7.35. The first-order valence-corrected chi connectivity index (χ1v) is 16.1. The molecule has 0 amide bonds. The van der Waals surface area contributed by atoms with Crippen LogP contribution < -0.4 is 0 Å². The SMILES string of the molecule is Cc1cccc([C@@H](C(=O)O)N(C)CC[C@H](C[C@@H]2CCCN2C)c2cc(F)cc(Cl)c2)c1C1CCC(OC(C)(C)C)CC1. The molecule has 1 heterocycles. The van der Waals surface area contributed by atoms with E-state index in [4.69, 9.17) is 16.3 Å². The normalized spacial score (nSPS) is 23.3. The molecule has 0 aromatic heterocycles. The molecule has 1 saturated carbocycles. The molecule has 2 aliphatic rings. The highest BCUT2D eigenvalue weighted by molar-refractivity contribution is 6.30. The van der Waals surface area contributed by atoms with E-state index < -0.39 is 12.0 Å². The van der Waals surface area contributed by atoms with Crippen molar-refractivity contribution in [3.8, 4) is 0 Å². The van der Waals surface area contributed by atoms with Crippen molar-refractivity contribution < 1.29 is 19.0 Å².